The Hall–Kier alpha value is -0.370. The summed E-state index contributed by atoms with van der Waals surface area (Å²) in [5.41, 5.74) is 0. The fraction of sp³-hybridized carbons (Fsp3) is 1.00. The van der Waals surface area contributed by atoms with Crippen LogP contribution in [-0.4, -0.2) is 43.9 Å². The molecule has 0 saturated heterocycles. The Kier molecular flexibility index (Phi) is 10.2. The van der Waals surface area contributed by atoms with Crippen molar-refractivity contribution in [2.75, 3.05) is 12.4 Å². The molecule has 3 unspecified atom stereocenters. The van der Waals surface area contributed by atoms with Gasteiger partial charge in [-0.25, -0.2) is 13.2 Å². The number of hydrogen-bond acceptors (Lipinski definition) is 2. The zero-order valence-electron chi connectivity index (χ0n) is 11.3. The first kappa shape index (κ1) is 19.6. The molecule has 0 bridgehead atoms. The molecule has 0 heterocycles. The highest BCUT2D eigenvalue weighted by Crippen LogP contribution is 2.19. The van der Waals surface area contributed by atoms with E-state index in [0.717, 1.165) is 19.3 Å². The molecule has 0 aliphatic heterocycles. The van der Waals surface area contributed by atoms with Crippen molar-refractivity contribution >= 4 is 10.1 Å². The van der Waals surface area contributed by atoms with E-state index in [1.54, 1.807) is 0 Å². The minimum atomic E-state index is -4.65. The molecule has 0 saturated carbocycles. The van der Waals surface area contributed by atoms with E-state index in [0.29, 0.717) is 19.3 Å². The first-order valence-electron chi connectivity index (χ1n) is 6.71. The average Bonchev–Trinajstić information content (AvgIpc) is 2.34. The molecule has 0 aliphatic rings. The van der Waals surface area contributed by atoms with Crippen molar-refractivity contribution in [3.63, 3.8) is 0 Å². The van der Waals surface area contributed by atoms with Gasteiger partial charge >= 0.3 is 0 Å². The standard InChI is InChI=1S/C12H22F4O3S/c13-8-6-4-2-1-3-5-7-10(14)12(16)11(15)9-20(17,18)19/h10-12H,1-9H2,(H,17,18,19). The first-order valence-corrected chi connectivity index (χ1v) is 8.32. The molecular formula is C12H22F4O3S. The maximum Gasteiger partial charge on any atom is 0.267 e. The van der Waals surface area contributed by atoms with Crippen molar-refractivity contribution in [3.05, 3.63) is 0 Å². The van der Waals surface area contributed by atoms with Crippen molar-refractivity contribution in [1.29, 1.82) is 0 Å². The molecule has 0 spiro atoms. The summed E-state index contributed by atoms with van der Waals surface area (Å²) in [7, 11) is -4.65. The summed E-state index contributed by atoms with van der Waals surface area (Å²) in [6.07, 6.45) is -3.58. The highest BCUT2D eigenvalue weighted by Gasteiger charge is 2.32. The zero-order valence-corrected chi connectivity index (χ0v) is 12.1. The summed E-state index contributed by atoms with van der Waals surface area (Å²) < 4.78 is 80.4. The third kappa shape index (κ3) is 10.4. The van der Waals surface area contributed by atoms with Gasteiger partial charge in [0.2, 0.25) is 0 Å². The van der Waals surface area contributed by atoms with E-state index in [1.165, 1.54) is 0 Å². The molecule has 122 valence electrons. The minimum Gasteiger partial charge on any atom is -0.285 e. The second-order valence-corrected chi connectivity index (χ2v) is 6.32. The summed E-state index contributed by atoms with van der Waals surface area (Å²) in [5.74, 6) is -1.43. The van der Waals surface area contributed by atoms with Crippen molar-refractivity contribution in [3.8, 4) is 0 Å². The van der Waals surface area contributed by atoms with Gasteiger partial charge in [0.05, 0.1) is 6.67 Å². The monoisotopic (exact) mass is 322 g/mol. The second-order valence-electron chi connectivity index (χ2n) is 4.82. The Labute approximate surface area is 117 Å². The van der Waals surface area contributed by atoms with Crippen LogP contribution in [0.2, 0.25) is 0 Å². The molecule has 0 aliphatic carbocycles. The molecule has 8 heteroatoms. The van der Waals surface area contributed by atoms with Crippen LogP contribution in [0.1, 0.15) is 44.9 Å². The van der Waals surface area contributed by atoms with Crippen LogP contribution in [0.25, 0.3) is 0 Å². The lowest BCUT2D eigenvalue weighted by molar-refractivity contribution is 0.0853. The van der Waals surface area contributed by atoms with Crippen molar-refractivity contribution in [2.24, 2.45) is 0 Å². The molecular weight excluding hydrogens is 300 g/mol. The van der Waals surface area contributed by atoms with Crippen LogP contribution in [0.4, 0.5) is 17.6 Å². The first-order chi connectivity index (χ1) is 9.28. The predicted octanol–water partition coefficient (Wildman–Crippen LogP) is 3.59. The number of rotatable bonds is 12. The van der Waals surface area contributed by atoms with E-state index in [1.807, 2.05) is 0 Å². The highest BCUT2D eigenvalue weighted by molar-refractivity contribution is 7.85. The smallest absolute Gasteiger partial charge is 0.267 e. The summed E-state index contributed by atoms with van der Waals surface area (Å²) >= 11 is 0. The van der Waals surface area contributed by atoms with E-state index in [9.17, 15) is 26.0 Å². The van der Waals surface area contributed by atoms with E-state index in [2.05, 4.69) is 0 Å². The lowest BCUT2D eigenvalue weighted by Gasteiger charge is -2.16. The molecule has 0 radical (unpaired) electrons. The molecule has 0 aromatic heterocycles. The normalized spacial score (nSPS) is 16.9. The average molecular weight is 322 g/mol. The van der Waals surface area contributed by atoms with Gasteiger partial charge in [0.25, 0.3) is 10.1 Å². The van der Waals surface area contributed by atoms with Gasteiger partial charge in [0.15, 0.2) is 12.3 Å². The molecule has 0 fully saturated rings. The maximum absolute atomic E-state index is 13.3. The third-order valence-electron chi connectivity index (χ3n) is 2.92. The van der Waals surface area contributed by atoms with Crippen LogP contribution < -0.4 is 0 Å². The van der Waals surface area contributed by atoms with Gasteiger partial charge < -0.3 is 0 Å². The predicted molar refractivity (Wildman–Crippen MR) is 69.4 cm³/mol. The molecule has 0 aromatic carbocycles. The van der Waals surface area contributed by atoms with Crippen LogP contribution in [0.3, 0.4) is 0 Å². The number of hydrogen-bond donors (Lipinski definition) is 1. The van der Waals surface area contributed by atoms with Gasteiger partial charge in [-0.2, -0.15) is 8.42 Å². The van der Waals surface area contributed by atoms with Gasteiger partial charge in [-0.3, -0.25) is 8.94 Å². The van der Waals surface area contributed by atoms with Gasteiger partial charge in [-0.05, 0) is 12.8 Å². The Bertz CT molecular complexity index is 338. The van der Waals surface area contributed by atoms with E-state index in [4.69, 9.17) is 4.55 Å². The maximum atomic E-state index is 13.3. The summed E-state index contributed by atoms with van der Waals surface area (Å²) in [6, 6.07) is 0. The van der Waals surface area contributed by atoms with E-state index >= 15 is 0 Å². The van der Waals surface area contributed by atoms with Crippen LogP contribution >= 0.6 is 0 Å². The molecule has 3 nitrogen and oxygen atoms in total. The summed E-state index contributed by atoms with van der Waals surface area (Å²) in [6.45, 7) is -0.359. The highest BCUT2D eigenvalue weighted by atomic mass is 32.2. The Morgan fingerprint density at radius 3 is 1.85 bits per heavy atom. The largest absolute Gasteiger partial charge is 0.285 e. The fourth-order valence-corrected chi connectivity index (χ4v) is 2.41. The van der Waals surface area contributed by atoms with Crippen molar-refractivity contribution in [2.45, 2.75) is 63.5 Å². The summed E-state index contributed by atoms with van der Waals surface area (Å²) in [4.78, 5) is 0. The van der Waals surface area contributed by atoms with E-state index in [-0.39, 0.29) is 13.1 Å². The van der Waals surface area contributed by atoms with E-state index < -0.39 is 34.4 Å². The Balaban J connectivity index is 3.77. The molecule has 0 aromatic rings. The third-order valence-corrected chi connectivity index (χ3v) is 3.66. The molecule has 1 N–H and O–H groups in total. The van der Waals surface area contributed by atoms with Gasteiger partial charge in [0, 0.05) is 0 Å². The second kappa shape index (κ2) is 10.4. The fourth-order valence-electron chi connectivity index (χ4n) is 1.82. The topological polar surface area (TPSA) is 54.4 Å². The van der Waals surface area contributed by atoms with Crippen LogP contribution in [-0.2, 0) is 10.1 Å². The lowest BCUT2D eigenvalue weighted by Crippen LogP contribution is -2.33. The lowest BCUT2D eigenvalue weighted by atomic mass is 10.0. The van der Waals surface area contributed by atoms with Gasteiger partial charge in [-0.1, -0.05) is 32.1 Å². The van der Waals surface area contributed by atoms with Crippen LogP contribution in [0, 0.1) is 0 Å². The molecule has 0 amide bonds. The van der Waals surface area contributed by atoms with Crippen molar-refractivity contribution in [1.82, 2.24) is 0 Å². The molecule has 3 atom stereocenters. The molecule has 0 rings (SSSR count). The number of alkyl halides is 4. The zero-order chi connectivity index (χ0) is 15.6. The Morgan fingerprint density at radius 2 is 1.35 bits per heavy atom. The van der Waals surface area contributed by atoms with Crippen LogP contribution in [0.5, 0.6) is 0 Å². The van der Waals surface area contributed by atoms with Crippen LogP contribution in [0.15, 0.2) is 0 Å². The molecule has 20 heavy (non-hydrogen) atoms. The minimum absolute atomic E-state index is 0.198. The van der Waals surface area contributed by atoms with Crippen molar-refractivity contribution < 1.29 is 30.5 Å². The van der Waals surface area contributed by atoms with Gasteiger partial charge in [0.1, 0.15) is 11.9 Å². The summed E-state index contributed by atoms with van der Waals surface area (Å²) in [5, 5.41) is 0. The van der Waals surface area contributed by atoms with Gasteiger partial charge in [-0.15, -0.1) is 0 Å². The SMILES string of the molecule is O=S(=O)(O)CC(F)C(F)C(F)CCCCCCCCF. The number of unbranched alkanes of at least 4 members (excludes halogenated alkanes) is 5. The Morgan fingerprint density at radius 1 is 0.850 bits per heavy atom. The quantitative estimate of drug-likeness (QED) is 0.339. The number of halogens is 4.